The van der Waals surface area contributed by atoms with Gasteiger partial charge < -0.3 is 28.8 Å². The van der Waals surface area contributed by atoms with Crippen molar-refractivity contribution in [1.82, 2.24) is 5.32 Å². The van der Waals surface area contributed by atoms with Crippen molar-refractivity contribution in [3.05, 3.63) is 48.6 Å². The molecular formula is C53H101N2O6P. The summed E-state index contributed by atoms with van der Waals surface area (Å²) < 4.78 is 23.3. The molecule has 62 heavy (non-hydrogen) atoms. The summed E-state index contributed by atoms with van der Waals surface area (Å²) in [5, 5.41) is 13.8. The minimum Gasteiger partial charge on any atom is -0.756 e. The molecule has 0 aromatic carbocycles. The number of aliphatic hydroxyl groups excluding tert-OH is 1. The molecule has 3 unspecified atom stereocenters. The van der Waals surface area contributed by atoms with Crippen LogP contribution in [0.15, 0.2) is 48.6 Å². The minimum atomic E-state index is -4.60. The van der Waals surface area contributed by atoms with Crippen LogP contribution in [0.2, 0.25) is 0 Å². The van der Waals surface area contributed by atoms with Crippen LogP contribution in [-0.4, -0.2) is 68.5 Å². The van der Waals surface area contributed by atoms with E-state index in [1.54, 1.807) is 6.08 Å². The van der Waals surface area contributed by atoms with Crippen LogP contribution in [-0.2, 0) is 18.4 Å². The Morgan fingerprint density at radius 3 is 1.44 bits per heavy atom. The van der Waals surface area contributed by atoms with Crippen LogP contribution in [0.25, 0.3) is 0 Å². The molecule has 3 atom stereocenters. The SMILES string of the molecule is CC/C=C\C/C=C\C/C=C\CCCCCCCC(=O)NC(COP(=O)([O-])OCC[N+](C)(C)C)C(O)/C=C/CCCCCCCCCCCCCCCCCCCCCCCCC. The van der Waals surface area contributed by atoms with E-state index < -0.39 is 20.0 Å². The van der Waals surface area contributed by atoms with Crippen molar-refractivity contribution >= 4 is 13.7 Å². The number of allylic oxidation sites excluding steroid dienone is 7. The fraction of sp³-hybridized carbons (Fsp3) is 0.830. The molecule has 0 bridgehead atoms. The average Bonchev–Trinajstić information content (AvgIpc) is 3.23. The van der Waals surface area contributed by atoms with Crippen molar-refractivity contribution in [2.75, 3.05) is 40.9 Å². The van der Waals surface area contributed by atoms with E-state index in [-0.39, 0.29) is 19.1 Å². The number of carbonyl (C=O) groups is 1. The number of phosphoric acid groups is 1. The second-order valence-electron chi connectivity index (χ2n) is 18.9. The Bertz CT molecular complexity index is 1150. The predicted molar refractivity (Wildman–Crippen MR) is 265 cm³/mol. The van der Waals surface area contributed by atoms with Crippen LogP contribution in [0.3, 0.4) is 0 Å². The number of phosphoric ester groups is 1. The summed E-state index contributed by atoms with van der Waals surface area (Å²) in [5.74, 6) is -0.214. The van der Waals surface area contributed by atoms with Crippen LogP contribution in [0.5, 0.6) is 0 Å². The summed E-state index contributed by atoms with van der Waals surface area (Å²) >= 11 is 0. The Balaban J connectivity index is 4.26. The number of hydrogen-bond donors (Lipinski definition) is 2. The quantitative estimate of drug-likeness (QED) is 0.0273. The highest BCUT2D eigenvalue weighted by molar-refractivity contribution is 7.45. The number of unbranched alkanes of at least 4 members (excludes halogenated alkanes) is 28. The highest BCUT2D eigenvalue weighted by Crippen LogP contribution is 2.38. The van der Waals surface area contributed by atoms with Gasteiger partial charge in [-0.05, 0) is 51.4 Å². The zero-order valence-corrected chi connectivity index (χ0v) is 42.2. The van der Waals surface area contributed by atoms with Gasteiger partial charge in [-0.25, -0.2) is 0 Å². The zero-order chi connectivity index (χ0) is 45.7. The lowest BCUT2D eigenvalue weighted by molar-refractivity contribution is -0.870. The summed E-state index contributed by atoms with van der Waals surface area (Å²) in [4.78, 5) is 25.4. The number of likely N-dealkylation sites (N-methyl/N-ethyl adjacent to an activating group) is 1. The largest absolute Gasteiger partial charge is 0.756 e. The molecule has 0 aliphatic rings. The van der Waals surface area contributed by atoms with Gasteiger partial charge in [-0.1, -0.05) is 223 Å². The minimum absolute atomic E-state index is 0.00580. The van der Waals surface area contributed by atoms with Gasteiger partial charge in [-0.15, -0.1) is 0 Å². The fourth-order valence-corrected chi connectivity index (χ4v) is 8.19. The van der Waals surface area contributed by atoms with Gasteiger partial charge in [-0.2, -0.15) is 0 Å². The summed E-state index contributed by atoms with van der Waals surface area (Å²) in [6, 6.07) is -0.896. The molecule has 0 saturated carbocycles. The third-order valence-corrected chi connectivity index (χ3v) is 12.5. The Morgan fingerprint density at radius 2 is 0.984 bits per heavy atom. The molecule has 0 aromatic heterocycles. The molecule has 0 aromatic rings. The first-order chi connectivity index (χ1) is 30.0. The van der Waals surface area contributed by atoms with Crippen molar-refractivity contribution in [2.24, 2.45) is 0 Å². The van der Waals surface area contributed by atoms with Gasteiger partial charge in [0.25, 0.3) is 7.82 Å². The van der Waals surface area contributed by atoms with E-state index in [2.05, 4.69) is 55.6 Å². The standard InChI is InChI=1S/C53H101N2O6P/c1-6-8-10-12-14-16-18-20-22-23-24-25-26-27-28-29-30-31-33-34-36-38-40-42-44-46-52(56)51(50-61-62(58,59)60-49-48-55(3,4)5)54-53(57)47-45-43-41-39-37-35-32-21-19-17-15-13-11-9-7-2/h9,11,15,17,21,32,44,46,51-52,56H,6-8,10,12-14,16,18-20,22-31,33-43,45,47-50H2,1-5H3,(H-,54,57,58,59)/b11-9-,17-15-,32-21-,46-44+. The number of aliphatic hydroxyl groups is 1. The summed E-state index contributed by atoms with van der Waals surface area (Å²) in [7, 11) is 1.25. The van der Waals surface area contributed by atoms with Crippen LogP contribution in [0, 0.1) is 0 Å². The van der Waals surface area contributed by atoms with E-state index in [4.69, 9.17) is 9.05 Å². The molecule has 1 amide bonds. The first-order valence-electron chi connectivity index (χ1n) is 26.0. The van der Waals surface area contributed by atoms with Crippen LogP contribution in [0.4, 0.5) is 0 Å². The first-order valence-corrected chi connectivity index (χ1v) is 27.5. The van der Waals surface area contributed by atoms with E-state index >= 15 is 0 Å². The molecule has 364 valence electrons. The number of rotatable bonds is 47. The van der Waals surface area contributed by atoms with Gasteiger partial charge in [0.1, 0.15) is 13.2 Å². The number of nitrogens with zero attached hydrogens (tertiary/aromatic N) is 1. The lowest BCUT2D eigenvalue weighted by Crippen LogP contribution is -2.45. The molecule has 0 heterocycles. The number of quaternary nitrogens is 1. The molecule has 0 aliphatic heterocycles. The fourth-order valence-electron chi connectivity index (χ4n) is 7.46. The second kappa shape index (κ2) is 44.7. The van der Waals surface area contributed by atoms with Gasteiger partial charge in [0.05, 0.1) is 39.9 Å². The molecule has 0 aliphatic carbocycles. The maximum absolute atomic E-state index is 12.9. The number of nitrogens with one attached hydrogen (secondary N) is 1. The summed E-state index contributed by atoms with van der Waals surface area (Å²) in [6.07, 6.45) is 57.5. The average molecular weight is 893 g/mol. The lowest BCUT2D eigenvalue weighted by Gasteiger charge is -2.29. The molecule has 8 nitrogen and oxygen atoms in total. The van der Waals surface area contributed by atoms with Gasteiger partial charge in [0.15, 0.2) is 0 Å². The number of carbonyl (C=O) groups excluding carboxylic acids is 1. The zero-order valence-electron chi connectivity index (χ0n) is 41.3. The van der Waals surface area contributed by atoms with Gasteiger partial charge in [0, 0.05) is 6.42 Å². The molecule has 2 N–H and O–H groups in total. The summed E-state index contributed by atoms with van der Waals surface area (Å²) in [6.45, 7) is 4.53. The van der Waals surface area contributed by atoms with Crippen molar-refractivity contribution in [1.29, 1.82) is 0 Å². The van der Waals surface area contributed by atoms with Crippen LogP contribution >= 0.6 is 7.82 Å². The van der Waals surface area contributed by atoms with Crippen molar-refractivity contribution in [2.45, 2.75) is 244 Å². The van der Waals surface area contributed by atoms with Gasteiger partial charge in [-0.3, -0.25) is 9.36 Å². The summed E-state index contributed by atoms with van der Waals surface area (Å²) in [5.41, 5.74) is 0. The normalized spacial score (nSPS) is 14.5. The number of amides is 1. The van der Waals surface area contributed by atoms with Crippen LogP contribution < -0.4 is 10.2 Å². The molecular weight excluding hydrogens is 792 g/mol. The Morgan fingerprint density at radius 1 is 0.581 bits per heavy atom. The van der Waals surface area contributed by atoms with E-state index in [0.717, 1.165) is 77.0 Å². The van der Waals surface area contributed by atoms with Crippen molar-refractivity contribution in [3.8, 4) is 0 Å². The van der Waals surface area contributed by atoms with E-state index in [0.29, 0.717) is 17.4 Å². The maximum atomic E-state index is 12.9. The van der Waals surface area contributed by atoms with Gasteiger partial charge >= 0.3 is 0 Å². The van der Waals surface area contributed by atoms with E-state index in [1.165, 1.54) is 135 Å². The molecule has 0 spiro atoms. The molecule has 0 radical (unpaired) electrons. The van der Waals surface area contributed by atoms with Crippen LogP contribution in [0.1, 0.15) is 232 Å². The number of hydrogen-bond acceptors (Lipinski definition) is 6. The predicted octanol–water partition coefficient (Wildman–Crippen LogP) is 14.6. The Hall–Kier alpha value is -1.54. The highest BCUT2D eigenvalue weighted by atomic mass is 31.2. The smallest absolute Gasteiger partial charge is 0.268 e. The lowest BCUT2D eigenvalue weighted by atomic mass is 10.0. The molecule has 0 rings (SSSR count). The monoisotopic (exact) mass is 893 g/mol. The van der Waals surface area contributed by atoms with Gasteiger partial charge in [0.2, 0.25) is 5.91 Å². The van der Waals surface area contributed by atoms with Crippen molar-refractivity contribution < 1.29 is 32.9 Å². The van der Waals surface area contributed by atoms with E-state index in [1.807, 2.05) is 27.2 Å². The van der Waals surface area contributed by atoms with Crippen molar-refractivity contribution in [3.63, 3.8) is 0 Å². The topological polar surface area (TPSA) is 108 Å². The third-order valence-electron chi connectivity index (χ3n) is 11.5. The second-order valence-corrected chi connectivity index (χ2v) is 20.3. The molecule has 0 saturated heterocycles. The first kappa shape index (κ1) is 60.5. The van der Waals surface area contributed by atoms with E-state index in [9.17, 15) is 19.4 Å². The Labute approximate surface area is 384 Å². The molecule has 9 heteroatoms. The maximum Gasteiger partial charge on any atom is 0.268 e. The highest BCUT2D eigenvalue weighted by Gasteiger charge is 2.23. The molecule has 0 fully saturated rings. The third kappa shape index (κ3) is 46.5. The Kier molecular flexibility index (Phi) is 43.5.